The molecule has 0 saturated carbocycles. The van der Waals surface area contributed by atoms with Gasteiger partial charge in [0, 0.05) is 12.5 Å². The fourth-order valence-electron chi connectivity index (χ4n) is 2.74. The Morgan fingerprint density at radius 2 is 1.86 bits per heavy atom. The van der Waals surface area contributed by atoms with Crippen LogP contribution in [0, 0.1) is 12.8 Å². The summed E-state index contributed by atoms with van der Waals surface area (Å²) in [6.45, 7) is 5.60. The van der Waals surface area contributed by atoms with Crippen molar-refractivity contribution in [2.75, 3.05) is 13.1 Å². The molecule has 1 aliphatic rings. The van der Waals surface area contributed by atoms with Gasteiger partial charge >= 0.3 is 5.97 Å². The van der Waals surface area contributed by atoms with E-state index in [2.05, 4.69) is 5.32 Å². The maximum atomic E-state index is 12.2. The molecular formula is C17H24N2O3. The number of piperidine rings is 1. The van der Waals surface area contributed by atoms with Gasteiger partial charge in [-0.2, -0.15) is 0 Å². The highest BCUT2D eigenvalue weighted by Gasteiger charge is 2.29. The number of carboxylic acids is 1. The van der Waals surface area contributed by atoms with Crippen molar-refractivity contribution in [3.05, 3.63) is 35.4 Å². The van der Waals surface area contributed by atoms with Crippen LogP contribution in [-0.2, 0) is 16.1 Å². The van der Waals surface area contributed by atoms with E-state index in [0.717, 1.165) is 18.4 Å². The average molecular weight is 304 g/mol. The van der Waals surface area contributed by atoms with E-state index in [9.17, 15) is 9.59 Å². The first-order valence-electron chi connectivity index (χ1n) is 7.77. The third-order valence-electron chi connectivity index (χ3n) is 4.39. The van der Waals surface area contributed by atoms with Crippen molar-refractivity contribution in [1.29, 1.82) is 0 Å². The van der Waals surface area contributed by atoms with Crippen LogP contribution in [0.25, 0.3) is 0 Å². The summed E-state index contributed by atoms with van der Waals surface area (Å²) in [5, 5.41) is 12.0. The summed E-state index contributed by atoms with van der Waals surface area (Å²) in [6.07, 6.45) is 1.44. The number of carboxylic acid groups (broad SMARTS) is 1. The molecule has 1 aliphatic heterocycles. The molecule has 1 saturated heterocycles. The van der Waals surface area contributed by atoms with Crippen LogP contribution in [0.1, 0.15) is 30.9 Å². The Balaban J connectivity index is 1.77. The smallest absolute Gasteiger partial charge is 0.320 e. The lowest BCUT2D eigenvalue weighted by atomic mass is 9.95. The normalized spacial score (nSPS) is 17.9. The van der Waals surface area contributed by atoms with E-state index in [0.29, 0.717) is 19.6 Å². The van der Waals surface area contributed by atoms with Gasteiger partial charge in [0.2, 0.25) is 5.91 Å². The van der Waals surface area contributed by atoms with Crippen LogP contribution in [0.2, 0.25) is 0 Å². The number of aryl methyl sites for hydroxylation is 1. The van der Waals surface area contributed by atoms with Gasteiger partial charge in [-0.25, -0.2) is 0 Å². The molecule has 0 radical (unpaired) electrons. The molecule has 0 aromatic heterocycles. The minimum atomic E-state index is -0.803. The molecule has 1 heterocycles. The first-order valence-corrected chi connectivity index (χ1v) is 7.77. The number of carbonyl (C=O) groups is 2. The van der Waals surface area contributed by atoms with Crippen molar-refractivity contribution >= 4 is 11.9 Å². The molecule has 1 aromatic rings. The molecule has 0 bridgehead atoms. The molecule has 2 rings (SSSR count). The van der Waals surface area contributed by atoms with Gasteiger partial charge in [-0.3, -0.25) is 14.5 Å². The summed E-state index contributed by atoms with van der Waals surface area (Å²) in [4.78, 5) is 25.1. The molecule has 0 aliphatic carbocycles. The summed E-state index contributed by atoms with van der Waals surface area (Å²) in [6, 6.07) is 7.64. The van der Waals surface area contributed by atoms with Crippen LogP contribution >= 0.6 is 0 Å². The third-order valence-corrected chi connectivity index (χ3v) is 4.39. The Labute approximate surface area is 131 Å². The number of hydrogen-bond acceptors (Lipinski definition) is 3. The predicted molar refractivity (Wildman–Crippen MR) is 84.4 cm³/mol. The number of benzene rings is 1. The highest BCUT2D eigenvalue weighted by atomic mass is 16.4. The Morgan fingerprint density at radius 3 is 2.41 bits per heavy atom. The lowest BCUT2D eigenvalue weighted by Crippen LogP contribution is -2.46. The first-order chi connectivity index (χ1) is 10.5. The fourth-order valence-corrected chi connectivity index (χ4v) is 2.74. The first kappa shape index (κ1) is 16.5. The van der Waals surface area contributed by atoms with Crippen molar-refractivity contribution in [3.8, 4) is 0 Å². The average Bonchev–Trinajstić information content (AvgIpc) is 2.53. The third kappa shape index (κ3) is 4.31. The molecule has 22 heavy (non-hydrogen) atoms. The summed E-state index contributed by atoms with van der Waals surface area (Å²) < 4.78 is 0. The Hall–Kier alpha value is -1.88. The maximum Gasteiger partial charge on any atom is 0.320 e. The van der Waals surface area contributed by atoms with Gasteiger partial charge in [0.25, 0.3) is 0 Å². The largest absolute Gasteiger partial charge is 0.480 e. The van der Waals surface area contributed by atoms with Crippen molar-refractivity contribution in [2.45, 2.75) is 39.3 Å². The second-order valence-corrected chi connectivity index (χ2v) is 6.03. The Bertz CT molecular complexity index is 519. The van der Waals surface area contributed by atoms with E-state index in [4.69, 9.17) is 5.11 Å². The zero-order valence-electron chi connectivity index (χ0n) is 13.2. The Morgan fingerprint density at radius 1 is 1.27 bits per heavy atom. The summed E-state index contributed by atoms with van der Waals surface area (Å²) in [5.74, 6) is -0.742. The molecule has 120 valence electrons. The molecule has 1 unspecified atom stereocenters. The number of aliphatic carboxylic acids is 1. The zero-order valence-corrected chi connectivity index (χ0v) is 13.2. The van der Waals surface area contributed by atoms with E-state index in [-0.39, 0.29) is 11.8 Å². The topological polar surface area (TPSA) is 69.6 Å². The second kappa shape index (κ2) is 7.40. The number of hydrogen-bond donors (Lipinski definition) is 2. The van der Waals surface area contributed by atoms with Crippen LogP contribution in [0.5, 0.6) is 0 Å². The van der Waals surface area contributed by atoms with Crippen LogP contribution in [0.3, 0.4) is 0 Å². The van der Waals surface area contributed by atoms with Crippen LogP contribution in [0.15, 0.2) is 24.3 Å². The molecular weight excluding hydrogens is 280 g/mol. The molecule has 5 nitrogen and oxygen atoms in total. The van der Waals surface area contributed by atoms with Gasteiger partial charge < -0.3 is 10.4 Å². The minimum absolute atomic E-state index is 0.0114. The lowest BCUT2D eigenvalue weighted by Gasteiger charge is -2.33. The van der Waals surface area contributed by atoms with Crippen LogP contribution < -0.4 is 5.32 Å². The van der Waals surface area contributed by atoms with Gasteiger partial charge in [-0.1, -0.05) is 29.8 Å². The molecule has 2 N–H and O–H groups in total. The van der Waals surface area contributed by atoms with E-state index < -0.39 is 12.0 Å². The quantitative estimate of drug-likeness (QED) is 0.870. The molecule has 1 aromatic carbocycles. The van der Waals surface area contributed by atoms with Gasteiger partial charge in [-0.15, -0.1) is 0 Å². The Kier molecular flexibility index (Phi) is 5.55. The predicted octanol–water partition coefficient (Wildman–Crippen LogP) is 1.80. The fraction of sp³-hybridized carbons (Fsp3) is 0.529. The van der Waals surface area contributed by atoms with Gasteiger partial charge in [-0.05, 0) is 45.3 Å². The summed E-state index contributed by atoms with van der Waals surface area (Å²) in [7, 11) is 0. The minimum Gasteiger partial charge on any atom is -0.480 e. The molecule has 5 heteroatoms. The molecule has 1 amide bonds. The summed E-state index contributed by atoms with van der Waals surface area (Å²) >= 11 is 0. The van der Waals surface area contributed by atoms with Crippen molar-refractivity contribution in [3.63, 3.8) is 0 Å². The SMILES string of the molecule is Cc1ccc(CNC(=O)C2CCN(C(C)C(=O)O)CC2)cc1. The van der Waals surface area contributed by atoms with Gasteiger partial charge in [0.15, 0.2) is 0 Å². The number of nitrogens with one attached hydrogen (secondary N) is 1. The van der Waals surface area contributed by atoms with E-state index in [1.165, 1.54) is 5.56 Å². The highest BCUT2D eigenvalue weighted by molar-refractivity contribution is 5.78. The van der Waals surface area contributed by atoms with Crippen molar-refractivity contribution in [1.82, 2.24) is 10.2 Å². The van der Waals surface area contributed by atoms with Gasteiger partial charge in [0.1, 0.15) is 6.04 Å². The number of amides is 1. The van der Waals surface area contributed by atoms with Crippen molar-refractivity contribution < 1.29 is 14.7 Å². The lowest BCUT2D eigenvalue weighted by molar-refractivity contribution is -0.143. The number of likely N-dealkylation sites (tertiary alicyclic amines) is 1. The molecule has 1 atom stereocenters. The van der Waals surface area contributed by atoms with Crippen LogP contribution in [0.4, 0.5) is 0 Å². The second-order valence-electron chi connectivity index (χ2n) is 6.03. The number of rotatable bonds is 5. The van der Waals surface area contributed by atoms with E-state index in [1.807, 2.05) is 36.1 Å². The molecule has 0 spiro atoms. The zero-order chi connectivity index (χ0) is 16.1. The van der Waals surface area contributed by atoms with Crippen LogP contribution in [-0.4, -0.2) is 41.0 Å². The van der Waals surface area contributed by atoms with E-state index in [1.54, 1.807) is 6.92 Å². The monoisotopic (exact) mass is 304 g/mol. The summed E-state index contributed by atoms with van der Waals surface area (Å²) in [5.41, 5.74) is 2.30. The molecule has 1 fully saturated rings. The number of nitrogens with zero attached hydrogens (tertiary/aromatic N) is 1. The number of carbonyl (C=O) groups excluding carboxylic acids is 1. The van der Waals surface area contributed by atoms with Gasteiger partial charge in [0.05, 0.1) is 0 Å². The highest BCUT2D eigenvalue weighted by Crippen LogP contribution is 2.19. The maximum absolute atomic E-state index is 12.2. The standard InChI is InChI=1S/C17H24N2O3/c1-12-3-5-14(6-4-12)11-18-16(20)15-7-9-19(10-8-15)13(2)17(21)22/h3-6,13,15H,7-11H2,1-2H3,(H,18,20)(H,21,22). The van der Waals surface area contributed by atoms with E-state index >= 15 is 0 Å². The van der Waals surface area contributed by atoms with Crippen molar-refractivity contribution in [2.24, 2.45) is 5.92 Å².